The Morgan fingerprint density at radius 3 is 2.63 bits per heavy atom. The number of hydrogen-bond donors (Lipinski definition) is 1. The number of hydrogen-bond acceptors (Lipinski definition) is 5. The van der Waals surface area contributed by atoms with Crippen LogP contribution in [0, 0.1) is 5.92 Å². The Balaban J connectivity index is 1.64. The summed E-state index contributed by atoms with van der Waals surface area (Å²) in [6, 6.07) is 9.41. The van der Waals surface area contributed by atoms with Crippen LogP contribution in [-0.4, -0.2) is 60.2 Å². The molecule has 2 heterocycles. The van der Waals surface area contributed by atoms with Crippen LogP contribution in [0.5, 0.6) is 0 Å². The lowest BCUT2D eigenvalue weighted by atomic mass is 10.0. The molecule has 0 spiro atoms. The number of carbonyl (C=O) groups excluding carboxylic acids is 2. The van der Waals surface area contributed by atoms with Crippen molar-refractivity contribution in [1.82, 2.24) is 10.2 Å². The monoisotopic (exact) mass is 415 g/mol. The van der Waals surface area contributed by atoms with Gasteiger partial charge in [-0.15, -0.1) is 0 Å². The number of ether oxygens (including phenoxy) is 2. The SMILES string of the molecule is CC(C)OC(=O)N1CCC[C@H]1C(=O)N[C@H](C1=N[C@H](Cc2ccccc2)CO1)C(C)C. The highest BCUT2D eigenvalue weighted by atomic mass is 16.6. The topological polar surface area (TPSA) is 80.2 Å². The molecule has 164 valence electrons. The Kier molecular flexibility index (Phi) is 7.34. The van der Waals surface area contributed by atoms with Gasteiger partial charge in [0.1, 0.15) is 18.7 Å². The number of rotatable bonds is 7. The van der Waals surface area contributed by atoms with E-state index in [9.17, 15) is 9.59 Å². The normalized spacial score (nSPS) is 22.1. The molecule has 0 bridgehead atoms. The van der Waals surface area contributed by atoms with Crippen LogP contribution in [0.15, 0.2) is 35.3 Å². The first-order valence-corrected chi connectivity index (χ1v) is 10.9. The third kappa shape index (κ3) is 5.52. The number of likely N-dealkylation sites (tertiary alicyclic amines) is 1. The quantitative estimate of drug-likeness (QED) is 0.742. The van der Waals surface area contributed by atoms with Crippen molar-refractivity contribution in [2.45, 2.75) is 71.2 Å². The van der Waals surface area contributed by atoms with E-state index in [4.69, 9.17) is 14.5 Å². The number of aliphatic imine (C=N–C) groups is 1. The minimum absolute atomic E-state index is 0.0459. The lowest BCUT2D eigenvalue weighted by molar-refractivity contribution is -0.125. The largest absolute Gasteiger partial charge is 0.477 e. The van der Waals surface area contributed by atoms with Crippen molar-refractivity contribution in [2.75, 3.05) is 13.2 Å². The number of amides is 2. The molecule has 1 saturated heterocycles. The van der Waals surface area contributed by atoms with Crippen molar-refractivity contribution in [3.05, 3.63) is 35.9 Å². The van der Waals surface area contributed by atoms with Crippen LogP contribution in [-0.2, 0) is 20.7 Å². The molecule has 0 aliphatic carbocycles. The van der Waals surface area contributed by atoms with Gasteiger partial charge in [-0.2, -0.15) is 0 Å². The maximum Gasteiger partial charge on any atom is 0.410 e. The fourth-order valence-corrected chi connectivity index (χ4v) is 3.89. The van der Waals surface area contributed by atoms with Crippen LogP contribution in [0.2, 0.25) is 0 Å². The van der Waals surface area contributed by atoms with Gasteiger partial charge in [-0.05, 0) is 44.6 Å². The molecule has 0 aromatic heterocycles. The van der Waals surface area contributed by atoms with Crippen LogP contribution >= 0.6 is 0 Å². The third-order valence-electron chi connectivity index (χ3n) is 5.40. The fourth-order valence-electron chi connectivity index (χ4n) is 3.89. The second-order valence-electron chi connectivity index (χ2n) is 8.64. The maximum atomic E-state index is 13.0. The number of nitrogens with zero attached hydrogens (tertiary/aromatic N) is 2. The zero-order valence-electron chi connectivity index (χ0n) is 18.3. The standard InChI is InChI=1S/C23H33N3O4/c1-15(2)20(22-24-18(14-29-22)13-17-9-6-5-7-10-17)25-21(27)19-11-8-12-26(19)23(28)30-16(3)4/h5-7,9-10,15-16,18-20H,8,11-14H2,1-4H3,(H,25,27)/t18-,19+,20+/m1/s1. The number of carbonyl (C=O) groups is 2. The van der Waals surface area contributed by atoms with E-state index in [-0.39, 0.29) is 30.0 Å². The van der Waals surface area contributed by atoms with Gasteiger partial charge in [0.15, 0.2) is 0 Å². The highest BCUT2D eigenvalue weighted by molar-refractivity contribution is 5.92. The van der Waals surface area contributed by atoms with Gasteiger partial charge in [0.25, 0.3) is 0 Å². The van der Waals surface area contributed by atoms with Gasteiger partial charge in [0, 0.05) is 6.54 Å². The average Bonchev–Trinajstić information content (AvgIpc) is 3.35. The minimum Gasteiger partial charge on any atom is -0.477 e. The van der Waals surface area contributed by atoms with Gasteiger partial charge in [-0.3, -0.25) is 9.69 Å². The molecule has 1 N–H and O–H groups in total. The van der Waals surface area contributed by atoms with E-state index in [1.165, 1.54) is 10.5 Å². The molecule has 0 saturated carbocycles. The van der Waals surface area contributed by atoms with Gasteiger partial charge in [0.05, 0.1) is 12.1 Å². The molecule has 2 aliphatic rings. The molecule has 3 atom stereocenters. The Labute approximate surface area is 178 Å². The summed E-state index contributed by atoms with van der Waals surface area (Å²) in [6.07, 6.45) is 1.58. The molecular formula is C23H33N3O4. The average molecular weight is 416 g/mol. The number of benzene rings is 1. The van der Waals surface area contributed by atoms with E-state index in [1.54, 1.807) is 13.8 Å². The molecule has 3 rings (SSSR count). The van der Waals surface area contributed by atoms with Crippen LogP contribution in [0.25, 0.3) is 0 Å². The van der Waals surface area contributed by atoms with Crippen molar-refractivity contribution in [2.24, 2.45) is 10.9 Å². The minimum atomic E-state index is -0.514. The van der Waals surface area contributed by atoms with Crippen molar-refractivity contribution in [1.29, 1.82) is 0 Å². The van der Waals surface area contributed by atoms with Gasteiger partial charge >= 0.3 is 6.09 Å². The lowest BCUT2D eigenvalue weighted by Gasteiger charge is -2.27. The van der Waals surface area contributed by atoms with Crippen LogP contribution < -0.4 is 5.32 Å². The van der Waals surface area contributed by atoms with E-state index in [2.05, 4.69) is 17.4 Å². The first-order valence-electron chi connectivity index (χ1n) is 10.9. The second-order valence-corrected chi connectivity index (χ2v) is 8.64. The van der Waals surface area contributed by atoms with Crippen molar-refractivity contribution >= 4 is 17.9 Å². The molecule has 0 unspecified atom stereocenters. The van der Waals surface area contributed by atoms with Crippen LogP contribution in [0.1, 0.15) is 46.1 Å². The molecule has 1 aromatic rings. The Hall–Kier alpha value is -2.57. The zero-order chi connectivity index (χ0) is 21.7. The summed E-state index contributed by atoms with van der Waals surface area (Å²) in [5, 5.41) is 3.08. The lowest BCUT2D eigenvalue weighted by Crippen LogP contribution is -2.52. The Bertz CT molecular complexity index is 763. The Morgan fingerprint density at radius 2 is 1.97 bits per heavy atom. The first-order chi connectivity index (χ1) is 14.3. The first kappa shape index (κ1) is 22.1. The number of nitrogens with one attached hydrogen (secondary N) is 1. The van der Waals surface area contributed by atoms with Crippen molar-refractivity contribution < 1.29 is 19.1 Å². The van der Waals surface area contributed by atoms with Crippen LogP contribution in [0.3, 0.4) is 0 Å². The molecule has 0 radical (unpaired) electrons. The summed E-state index contributed by atoms with van der Waals surface area (Å²) in [6.45, 7) is 8.71. The highest BCUT2D eigenvalue weighted by Crippen LogP contribution is 2.21. The highest BCUT2D eigenvalue weighted by Gasteiger charge is 2.38. The second kappa shape index (κ2) is 9.96. The van der Waals surface area contributed by atoms with Crippen molar-refractivity contribution in [3.8, 4) is 0 Å². The van der Waals surface area contributed by atoms with Crippen molar-refractivity contribution in [3.63, 3.8) is 0 Å². The van der Waals surface area contributed by atoms with E-state index >= 15 is 0 Å². The molecule has 1 fully saturated rings. The van der Waals surface area contributed by atoms with Gasteiger partial charge < -0.3 is 14.8 Å². The van der Waals surface area contributed by atoms with Gasteiger partial charge in [0.2, 0.25) is 11.8 Å². The molecule has 2 amide bonds. The smallest absolute Gasteiger partial charge is 0.410 e. The molecule has 7 nitrogen and oxygen atoms in total. The summed E-state index contributed by atoms with van der Waals surface area (Å²) >= 11 is 0. The molecule has 30 heavy (non-hydrogen) atoms. The van der Waals surface area contributed by atoms with Gasteiger partial charge in [-0.25, -0.2) is 9.79 Å². The summed E-state index contributed by atoms with van der Waals surface area (Å²) in [4.78, 5) is 31.6. The molecule has 1 aromatic carbocycles. The predicted molar refractivity (Wildman–Crippen MR) is 115 cm³/mol. The summed E-state index contributed by atoms with van der Waals surface area (Å²) in [5.41, 5.74) is 1.21. The van der Waals surface area contributed by atoms with Gasteiger partial charge in [-0.1, -0.05) is 44.2 Å². The van der Waals surface area contributed by atoms with E-state index in [0.29, 0.717) is 25.5 Å². The zero-order valence-corrected chi connectivity index (χ0v) is 18.3. The molecular weight excluding hydrogens is 382 g/mol. The molecule has 2 aliphatic heterocycles. The Morgan fingerprint density at radius 1 is 1.23 bits per heavy atom. The van der Waals surface area contributed by atoms with E-state index in [1.807, 2.05) is 32.0 Å². The fraction of sp³-hybridized carbons (Fsp3) is 0.609. The third-order valence-corrected chi connectivity index (χ3v) is 5.40. The summed E-state index contributed by atoms with van der Waals surface area (Å²) < 4.78 is 11.2. The molecule has 7 heteroatoms. The summed E-state index contributed by atoms with van der Waals surface area (Å²) in [7, 11) is 0. The van der Waals surface area contributed by atoms with E-state index in [0.717, 1.165) is 12.8 Å². The predicted octanol–water partition coefficient (Wildman–Crippen LogP) is 3.18. The maximum absolute atomic E-state index is 13.0. The van der Waals surface area contributed by atoms with Crippen LogP contribution in [0.4, 0.5) is 4.79 Å². The summed E-state index contributed by atoms with van der Waals surface area (Å²) in [5.74, 6) is 0.513. The van der Waals surface area contributed by atoms with E-state index < -0.39 is 12.1 Å².